The van der Waals surface area contributed by atoms with Crippen LogP contribution in [0.4, 0.5) is 0 Å². The van der Waals surface area contributed by atoms with Gasteiger partial charge in [0.2, 0.25) is 5.91 Å². The van der Waals surface area contributed by atoms with Gasteiger partial charge in [0, 0.05) is 6.54 Å². The Bertz CT molecular complexity index is 703. The molecular weight excluding hydrogens is 400 g/mol. The summed E-state index contributed by atoms with van der Waals surface area (Å²) in [6.45, 7) is 14.7. The topological polar surface area (TPSA) is 67.4 Å². The zero-order valence-electron chi connectivity index (χ0n) is 21.1. The van der Waals surface area contributed by atoms with Crippen LogP contribution >= 0.6 is 0 Å². The van der Waals surface area contributed by atoms with Crippen molar-refractivity contribution in [3.8, 4) is 0 Å². The van der Waals surface area contributed by atoms with Gasteiger partial charge in [0.25, 0.3) is 0 Å². The van der Waals surface area contributed by atoms with Gasteiger partial charge in [0.1, 0.15) is 5.60 Å². The highest BCUT2D eigenvalue weighted by molar-refractivity contribution is 5.85. The van der Waals surface area contributed by atoms with Crippen molar-refractivity contribution in [3.63, 3.8) is 0 Å². The van der Waals surface area contributed by atoms with E-state index < -0.39 is 17.4 Å². The summed E-state index contributed by atoms with van der Waals surface area (Å²) in [6, 6.07) is 9.95. The molecule has 1 aromatic rings. The summed E-state index contributed by atoms with van der Waals surface area (Å²) >= 11 is 0. The van der Waals surface area contributed by atoms with E-state index in [9.17, 15) is 9.59 Å². The molecular formula is C27H44N2O3. The van der Waals surface area contributed by atoms with E-state index in [1.54, 1.807) is 0 Å². The van der Waals surface area contributed by atoms with Gasteiger partial charge >= 0.3 is 5.97 Å². The Morgan fingerprint density at radius 1 is 1.03 bits per heavy atom. The number of amides is 1. The van der Waals surface area contributed by atoms with Crippen molar-refractivity contribution in [2.24, 2.45) is 23.7 Å². The second kappa shape index (κ2) is 14.1. The van der Waals surface area contributed by atoms with Crippen LogP contribution in [0, 0.1) is 23.7 Å². The van der Waals surface area contributed by atoms with Gasteiger partial charge in [0.05, 0.1) is 11.8 Å². The Kier molecular flexibility index (Phi) is 12.3. The van der Waals surface area contributed by atoms with Gasteiger partial charge < -0.3 is 4.74 Å². The summed E-state index contributed by atoms with van der Waals surface area (Å²) in [4.78, 5) is 26.3. The van der Waals surface area contributed by atoms with Crippen LogP contribution in [0.25, 0.3) is 6.08 Å². The van der Waals surface area contributed by atoms with E-state index in [4.69, 9.17) is 4.74 Å². The highest BCUT2D eigenvalue weighted by Gasteiger charge is 2.36. The average molecular weight is 445 g/mol. The fourth-order valence-corrected chi connectivity index (χ4v) is 3.63. The normalized spacial score (nSPS) is 14.0. The maximum absolute atomic E-state index is 13.2. The van der Waals surface area contributed by atoms with Gasteiger partial charge in [-0.1, -0.05) is 83.0 Å². The molecule has 1 aromatic carbocycles. The van der Waals surface area contributed by atoms with Crippen molar-refractivity contribution < 1.29 is 14.3 Å². The zero-order valence-corrected chi connectivity index (χ0v) is 21.1. The van der Waals surface area contributed by atoms with Crippen molar-refractivity contribution in [3.05, 3.63) is 42.0 Å². The van der Waals surface area contributed by atoms with Crippen LogP contribution in [0.3, 0.4) is 0 Å². The van der Waals surface area contributed by atoms with Crippen LogP contribution in [0.1, 0.15) is 79.7 Å². The lowest BCUT2D eigenvalue weighted by atomic mass is 9.82. The van der Waals surface area contributed by atoms with E-state index in [0.29, 0.717) is 18.8 Å². The van der Waals surface area contributed by atoms with E-state index in [1.807, 2.05) is 63.3 Å². The maximum Gasteiger partial charge on any atom is 0.310 e. The Morgan fingerprint density at radius 3 is 2.19 bits per heavy atom. The van der Waals surface area contributed by atoms with Crippen molar-refractivity contribution in [2.45, 2.75) is 79.8 Å². The summed E-state index contributed by atoms with van der Waals surface area (Å²) in [5, 5.41) is 0. The highest BCUT2D eigenvalue weighted by atomic mass is 16.6. The molecule has 32 heavy (non-hydrogen) atoms. The Hall–Kier alpha value is -2.14. The van der Waals surface area contributed by atoms with Crippen LogP contribution in [-0.2, 0) is 14.3 Å². The Balaban J connectivity index is 3.03. The zero-order chi connectivity index (χ0) is 24.1. The van der Waals surface area contributed by atoms with Crippen LogP contribution < -0.4 is 10.9 Å². The van der Waals surface area contributed by atoms with Crippen LogP contribution in [0.2, 0.25) is 0 Å². The number of allylic oxidation sites excluding steroid dienone is 1. The molecule has 0 radical (unpaired) electrons. The minimum absolute atomic E-state index is 0.145. The first kappa shape index (κ1) is 27.9. The number of nitrogens with one attached hydrogen (secondary N) is 2. The van der Waals surface area contributed by atoms with E-state index in [2.05, 4.69) is 38.5 Å². The van der Waals surface area contributed by atoms with E-state index in [-0.39, 0.29) is 17.8 Å². The third-order valence-electron chi connectivity index (χ3n) is 5.51. The minimum Gasteiger partial charge on any atom is -0.460 e. The number of ether oxygens (including phenoxy) is 1. The van der Waals surface area contributed by atoms with Crippen molar-refractivity contribution >= 4 is 18.0 Å². The number of hydrogen-bond donors (Lipinski definition) is 2. The lowest BCUT2D eigenvalue weighted by Crippen LogP contribution is -2.47. The van der Waals surface area contributed by atoms with Gasteiger partial charge in [-0.3, -0.25) is 15.0 Å². The van der Waals surface area contributed by atoms with Crippen molar-refractivity contribution in [1.29, 1.82) is 0 Å². The number of carbonyl (C=O) groups excluding carboxylic acids is 2. The van der Waals surface area contributed by atoms with Crippen molar-refractivity contribution in [1.82, 2.24) is 10.9 Å². The monoisotopic (exact) mass is 444 g/mol. The quantitative estimate of drug-likeness (QED) is 0.299. The molecule has 0 spiro atoms. The van der Waals surface area contributed by atoms with Gasteiger partial charge in [-0.2, -0.15) is 0 Å². The van der Waals surface area contributed by atoms with E-state index in [0.717, 1.165) is 24.9 Å². The second-order valence-electron chi connectivity index (χ2n) is 9.98. The SMILES string of the molecule is CCC(CC)CNNC(=O)[C@H](CC(C)C)[C@H](CC=Cc1ccccc1)C(=O)OC(C)(C)C. The smallest absolute Gasteiger partial charge is 0.310 e. The van der Waals surface area contributed by atoms with Crippen LogP contribution in [0.5, 0.6) is 0 Å². The predicted molar refractivity (Wildman–Crippen MR) is 133 cm³/mol. The number of rotatable bonds is 13. The standard InChI is InChI=1S/C27H44N2O3/c1-8-21(9-2)19-28-29-25(30)24(18-20(3)4)23(26(31)32-27(5,6)7)17-13-16-22-14-11-10-12-15-22/h10-16,20-21,23-24,28H,8-9,17-19H2,1-7H3,(H,29,30)/t23-,24+/m0/s1. The van der Waals surface area contributed by atoms with Crippen LogP contribution in [-0.4, -0.2) is 24.0 Å². The number of benzene rings is 1. The van der Waals surface area contributed by atoms with Crippen molar-refractivity contribution in [2.75, 3.05) is 6.54 Å². The lowest BCUT2D eigenvalue weighted by molar-refractivity contribution is -0.164. The van der Waals surface area contributed by atoms with Gasteiger partial charge in [-0.25, -0.2) is 5.43 Å². The summed E-state index contributed by atoms with van der Waals surface area (Å²) < 4.78 is 5.72. The first-order valence-electron chi connectivity index (χ1n) is 12.0. The molecule has 2 N–H and O–H groups in total. The average Bonchev–Trinajstić information content (AvgIpc) is 2.72. The molecule has 0 heterocycles. The highest BCUT2D eigenvalue weighted by Crippen LogP contribution is 2.28. The van der Waals surface area contributed by atoms with Gasteiger partial charge in [-0.05, 0) is 51.0 Å². The molecule has 0 unspecified atom stereocenters. The van der Waals surface area contributed by atoms with E-state index >= 15 is 0 Å². The molecule has 0 aliphatic heterocycles. The molecule has 2 atom stereocenters. The molecule has 1 amide bonds. The fourth-order valence-electron chi connectivity index (χ4n) is 3.63. The van der Waals surface area contributed by atoms with E-state index in [1.165, 1.54) is 0 Å². The third kappa shape index (κ3) is 10.9. The molecule has 1 rings (SSSR count). The lowest BCUT2D eigenvalue weighted by Gasteiger charge is -2.29. The summed E-state index contributed by atoms with van der Waals surface area (Å²) in [7, 11) is 0. The molecule has 180 valence electrons. The third-order valence-corrected chi connectivity index (χ3v) is 5.51. The number of carbonyl (C=O) groups is 2. The minimum atomic E-state index is -0.606. The van der Waals surface area contributed by atoms with Gasteiger partial charge in [0.15, 0.2) is 0 Å². The largest absolute Gasteiger partial charge is 0.460 e. The number of esters is 1. The summed E-state index contributed by atoms with van der Waals surface area (Å²) in [5.41, 5.74) is 6.42. The first-order valence-corrected chi connectivity index (χ1v) is 12.0. The number of hydrazine groups is 1. The fraction of sp³-hybridized carbons (Fsp3) is 0.630. The molecule has 0 bridgehead atoms. The van der Waals surface area contributed by atoms with Gasteiger partial charge in [-0.15, -0.1) is 0 Å². The maximum atomic E-state index is 13.2. The number of hydrogen-bond acceptors (Lipinski definition) is 4. The molecule has 0 fully saturated rings. The molecule has 0 saturated heterocycles. The Morgan fingerprint density at radius 2 is 1.66 bits per heavy atom. The molecule has 0 aromatic heterocycles. The summed E-state index contributed by atoms with van der Waals surface area (Å²) in [6.07, 6.45) is 7.14. The molecule has 5 nitrogen and oxygen atoms in total. The van der Waals surface area contributed by atoms with Crippen LogP contribution in [0.15, 0.2) is 36.4 Å². The Labute approximate surface area is 195 Å². The first-order chi connectivity index (χ1) is 15.1. The molecule has 5 heteroatoms. The molecule has 0 aliphatic carbocycles. The summed E-state index contributed by atoms with van der Waals surface area (Å²) in [5.74, 6) is -0.710. The second-order valence-corrected chi connectivity index (χ2v) is 9.98. The predicted octanol–water partition coefficient (Wildman–Crippen LogP) is 5.77. The molecule has 0 aliphatic rings. The molecule has 0 saturated carbocycles.